The summed E-state index contributed by atoms with van der Waals surface area (Å²) >= 11 is 4.51. The first-order valence-electron chi connectivity index (χ1n) is 6.35. The molecule has 0 N–H and O–H groups in total. The van der Waals surface area contributed by atoms with Gasteiger partial charge in [-0.25, -0.2) is 0 Å². The van der Waals surface area contributed by atoms with Gasteiger partial charge in [0.15, 0.2) is 0 Å². The highest BCUT2D eigenvalue weighted by molar-refractivity contribution is 7.80. The van der Waals surface area contributed by atoms with Crippen LogP contribution in [0.1, 0.15) is 47.5 Å². The zero-order valence-electron chi connectivity index (χ0n) is 11.0. The van der Waals surface area contributed by atoms with Gasteiger partial charge in [-0.2, -0.15) is 12.6 Å². The Labute approximate surface area is 103 Å². The Balaban J connectivity index is 4.68. The summed E-state index contributed by atoms with van der Waals surface area (Å²) in [5, 5.41) is 0. The van der Waals surface area contributed by atoms with Crippen molar-refractivity contribution in [2.75, 3.05) is 5.75 Å². The van der Waals surface area contributed by atoms with Gasteiger partial charge in [-0.1, -0.05) is 53.3 Å². The Morgan fingerprint density at radius 3 is 1.60 bits per heavy atom. The van der Waals surface area contributed by atoms with E-state index in [0.29, 0.717) is 23.6 Å². The molecule has 4 unspecified atom stereocenters. The lowest BCUT2D eigenvalue weighted by atomic mass is 9.65. The van der Waals surface area contributed by atoms with Gasteiger partial charge >= 0.3 is 0 Å². The summed E-state index contributed by atoms with van der Waals surface area (Å²) in [4.78, 5) is 0. The number of rotatable bonds is 7. The number of thiol groups is 1. The third-order valence-corrected chi connectivity index (χ3v) is 4.21. The van der Waals surface area contributed by atoms with E-state index in [1.54, 1.807) is 0 Å². The van der Waals surface area contributed by atoms with Gasteiger partial charge in [0.2, 0.25) is 0 Å². The van der Waals surface area contributed by atoms with E-state index in [4.69, 9.17) is 7.85 Å². The molecule has 0 aromatic rings. The lowest BCUT2D eigenvalue weighted by Crippen LogP contribution is -2.30. The van der Waals surface area contributed by atoms with E-state index < -0.39 is 0 Å². The van der Waals surface area contributed by atoms with Crippen molar-refractivity contribution in [3.63, 3.8) is 0 Å². The quantitative estimate of drug-likeness (QED) is 0.487. The Hall–Kier alpha value is 0.415. The minimum absolute atomic E-state index is 0.307. The zero-order chi connectivity index (χ0) is 12.0. The van der Waals surface area contributed by atoms with Crippen molar-refractivity contribution >= 4 is 20.5 Å². The van der Waals surface area contributed by atoms with E-state index in [1.165, 1.54) is 12.8 Å². The van der Waals surface area contributed by atoms with Crippen molar-refractivity contribution in [2.45, 2.75) is 53.3 Å². The molecule has 0 spiro atoms. The second-order valence-corrected chi connectivity index (χ2v) is 5.46. The summed E-state index contributed by atoms with van der Waals surface area (Å²) in [6.45, 7) is 11.3. The van der Waals surface area contributed by atoms with E-state index in [9.17, 15) is 0 Å². The van der Waals surface area contributed by atoms with Crippen LogP contribution in [0.4, 0.5) is 0 Å². The van der Waals surface area contributed by atoms with Crippen LogP contribution in [-0.4, -0.2) is 13.6 Å². The Morgan fingerprint density at radius 2 is 1.40 bits per heavy atom. The SMILES string of the molecule is [B]C(C)C(CC)C(CC)C(CS)C(C)C. The Bertz CT molecular complexity index is 141. The fourth-order valence-electron chi connectivity index (χ4n) is 2.83. The largest absolute Gasteiger partial charge is 0.179 e. The van der Waals surface area contributed by atoms with Crippen molar-refractivity contribution in [1.29, 1.82) is 0 Å². The van der Waals surface area contributed by atoms with Crippen LogP contribution in [0.3, 0.4) is 0 Å². The van der Waals surface area contributed by atoms with Crippen LogP contribution < -0.4 is 0 Å². The van der Waals surface area contributed by atoms with Crippen molar-refractivity contribution in [3.8, 4) is 0 Å². The summed E-state index contributed by atoms with van der Waals surface area (Å²) in [6, 6.07) is 0. The van der Waals surface area contributed by atoms with Crippen LogP contribution in [0.15, 0.2) is 0 Å². The van der Waals surface area contributed by atoms with Crippen LogP contribution in [0.2, 0.25) is 5.82 Å². The molecule has 0 saturated carbocycles. The minimum atomic E-state index is 0.307. The maximum absolute atomic E-state index is 6.09. The third kappa shape index (κ3) is 4.42. The first-order valence-corrected chi connectivity index (χ1v) is 6.99. The van der Waals surface area contributed by atoms with Crippen LogP contribution in [0, 0.1) is 23.7 Å². The van der Waals surface area contributed by atoms with E-state index in [-0.39, 0.29) is 0 Å². The summed E-state index contributed by atoms with van der Waals surface area (Å²) in [5.74, 6) is 4.08. The molecule has 0 aliphatic rings. The van der Waals surface area contributed by atoms with Crippen molar-refractivity contribution in [3.05, 3.63) is 0 Å². The molecule has 0 saturated heterocycles. The second-order valence-electron chi connectivity index (χ2n) is 5.09. The molecule has 0 bridgehead atoms. The van der Waals surface area contributed by atoms with Crippen molar-refractivity contribution in [1.82, 2.24) is 0 Å². The van der Waals surface area contributed by atoms with E-state index in [2.05, 4.69) is 47.2 Å². The Morgan fingerprint density at radius 1 is 0.933 bits per heavy atom. The number of hydrogen-bond donors (Lipinski definition) is 1. The molecule has 4 atom stereocenters. The van der Waals surface area contributed by atoms with Gasteiger partial charge in [0, 0.05) is 0 Å². The van der Waals surface area contributed by atoms with Crippen LogP contribution in [0.5, 0.6) is 0 Å². The molecule has 0 aromatic carbocycles. The van der Waals surface area contributed by atoms with Gasteiger partial charge in [-0.15, -0.1) is 0 Å². The topological polar surface area (TPSA) is 0 Å². The summed E-state index contributed by atoms with van der Waals surface area (Å²) in [7, 11) is 6.09. The van der Waals surface area contributed by atoms with Crippen LogP contribution >= 0.6 is 12.6 Å². The normalized spacial score (nSPS) is 19.9. The molecule has 2 radical (unpaired) electrons. The predicted molar refractivity (Wildman–Crippen MR) is 74.9 cm³/mol. The molecule has 0 aliphatic carbocycles. The fourth-order valence-corrected chi connectivity index (χ4v) is 3.52. The first kappa shape index (κ1) is 15.4. The average Bonchev–Trinajstić information content (AvgIpc) is 2.16. The van der Waals surface area contributed by atoms with Gasteiger partial charge < -0.3 is 0 Å². The molecule has 0 nitrogen and oxygen atoms in total. The predicted octanol–water partition coefficient (Wildman–Crippen LogP) is 4.22. The molecule has 0 aliphatic heterocycles. The molecule has 15 heavy (non-hydrogen) atoms. The average molecular weight is 226 g/mol. The standard InChI is InChI=1S/C13H27BS/c1-6-11(10(5)14)12(7-2)13(8-15)9(3)4/h9-13,15H,6-8H2,1-5H3. The second kappa shape index (κ2) is 7.65. The first-order chi connectivity index (χ1) is 6.99. The minimum Gasteiger partial charge on any atom is -0.179 e. The summed E-state index contributed by atoms with van der Waals surface area (Å²) in [6.07, 6.45) is 2.41. The van der Waals surface area contributed by atoms with Crippen LogP contribution in [0.25, 0.3) is 0 Å². The maximum Gasteiger partial charge on any atom is 0.0699 e. The van der Waals surface area contributed by atoms with E-state index in [0.717, 1.165) is 11.7 Å². The molecule has 0 heterocycles. The monoisotopic (exact) mass is 226 g/mol. The highest BCUT2D eigenvalue weighted by Crippen LogP contribution is 2.37. The molecule has 0 rings (SSSR count). The molecule has 0 fully saturated rings. The Kier molecular flexibility index (Phi) is 7.86. The smallest absolute Gasteiger partial charge is 0.0699 e. The molecule has 0 aromatic heterocycles. The molecule has 2 heteroatoms. The molecular weight excluding hydrogens is 199 g/mol. The van der Waals surface area contributed by atoms with Gasteiger partial charge in [0.05, 0.1) is 7.85 Å². The summed E-state index contributed by atoms with van der Waals surface area (Å²) in [5.41, 5.74) is 0. The van der Waals surface area contributed by atoms with Crippen LogP contribution in [-0.2, 0) is 0 Å². The van der Waals surface area contributed by atoms with Crippen molar-refractivity contribution in [2.24, 2.45) is 23.7 Å². The highest BCUT2D eigenvalue weighted by atomic mass is 32.1. The van der Waals surface area contributed by atoms with Gasteiger partial charge in [-0.3, -0.25) is 0 Å². The molecule has 0 amide bonds. The maximum atomic E-state index is 6.09. The van der Waals surface area contributed by atoms with Crippen molar-refractivity contribution < 1.29 is 0 Å². The third-order valence-electron chi connectivity index (χ3n) is 3.79. The van der Waals surface area contributed by atoms with Gasteiger partial charge in [0.25, 0.3) is 0 Å². The lowest BCUT2D eigenvalue weighted by molar-refractivity contribution is 0.182. The zero-order valence-corrected chi connectivity index (χ0v) is 11.9. The summed E-state index contributed by atoms with van der Waals surface area (Å²) < 4.78 is 0. The molecular formula is C13H27BS. The lowest BCUT2D eigenvalue weighted by Gasteiger charge is -2.37. The fraction of sp³-hybridized carbons (Fsp3) is 1.00. The van der Waals surface area contributed by atoms with E-state index in [1.807, 2.05) is 0 Å². The number of hydrogen-bond acceptors (Lipinski definition) is 1. The van der Waals surface area contributed by atoms with Gasteiger partial charge in [-0.05, 0) is 29.4 Å². The molecule has 88 valence electrons. The van der Waals surface area contributed by atoms with E-state index >= 15 is 0 Å². The highest BCUT2D eigenvalue weighted by Gasteiger charge is 2.29. The van der Waals surface area contributed by atoms with Gasteiger partial charge in [0.1, 0.15) is 0 Å².